The van der Waals surface area contributed by atoms with Crippen LogP contribution in [0.4, 0.5) is 0 Å². The Morgan fingerprint density at radius 1 is 1.33 bits per heavy atom. The number of hydrogen-bond donors (Lipinski definition) is 3. The number of aliphatic carboxylic acids is 1. The molecular weight excluding hydrogens is 232 g/mol. The molecule has 2 unspecified atom stereocenters. The molecule has 5 heteroatoms. The summed E-state index contributed by atoms with van der Waals surface area (Å²) in [5.74, 6) is -1.38. The molecule has 1 amide bonds. The van der Waals surface area contributed by atoms with Crippen LogP contribution in [0, 0.1) is 11.3 Å². The second-order valence-corrected chi connectivity index (χ2v) is 6.11. The van der Waals surface area contributed by atoms with E-state index in [1.54, 1.807) is 6.92 Å². The summed E-state index contributed by atoms with van der Waals surface area (Å²) in [6, 6.07) is -0.151. The van der Waals surface area contributed by atoms with Crippen LogP contribution in [-0.4, -0.2) is 29.6 Å². The first kappa shape index (κ1) is 16.9. The molecule has 0 aliphatic rings. The van der Waals surface area contributed by atoms with E-state index in [1.165, 1.54) is 0 Å². The molecule has 0 bridgehead atoms. The predicted molar refractivity (Wildman–Crippen MR) is 71.1 cm³/mol. The number of nitrogens with one attached hydrogen (secondary N) is 1. The summed E-state index contributed by atoms with van der Waals surface area (Å²) in [6.45, 7) is 8.26. The van der Waals surface area contributed by atoms with Gasteiger partial charge in [-0.3, -0.25) is 9.59 Å². The smallest absolute Gasteiger partial charge is 0.306 e. The van der Waals surface area contributed by atoms with Crippen molar-refractivity contribution >= 4 is 11.9 Å². The molecule has 0 spiro atoms. The summed E-state index contributed by atoms with van der Waals surface area (Å²) in [6.07, 6.45) is 1.51. The lowest BCUT2D eigenvalue weighted by Gasteiger charge is -2.22. The van der Waals surface area contributed by atoms with Crippen LogP contribution in [0.3, 0.4) is 0 Å². The van der Waals surface area contributed by atoms with Crippen LogP contribution in [0.15, 0.2) is 0 Å². The first-order valence-corrected chi connectivity index (χ1v) is 6.37. The molecule has 0 aliphatic heterocycles. The Bertz CT molecular complexity index is 284. The van der Waals surface area contributed by atoms with E-state index in [4.69, 9.17) is 10.8 Å². The average Bonchev–Trinajstić information content (AvgIpc) is 2.13. The molecule has 0 saturated heterocycles. The van der Waals surface area contributed by atoms with E-state index in [0.717, 1.165) is 6.42 Å². The number of carboxylic acid groups (broad SMARTS) is 1. The Morgan fingerprint density at radius 3 is 2.33 bits per heavy atom. The molecule has 5 nitrogen and oxygen atoms in total. The van der Waals surface area contributed by atoms with Crippen LogP contribution in [0.5, 0.6) is 0 Å². The molecule has 0 aromatic heterocycles. The molecule has 18 heavy (non-hydrogen) atoms. The molecule has 0 saturated carbocycles. The minimum Gasteiger partial charge on any atom is -0.481 e. The van der Waals surface area contributed by atoms with Crippen molar-refractivity contribution in [2.75, 3.05) is 6.54 Å². The predicted octanol–water partition coefficient (Wildman–Crippen LogP) is 1.37. The zero-order chi connectivity index (χ0) is 14.3. The van der Waals surface area contributed by atoms with E-state index in [-0.39, 0.29) is 17.4 Å². The first-order valence-electron chi connectivity index (χ1n) is 6.37. The van der Waals surface area contributed by atoms with E-state index in [2.05, 4.69) is 26.1 Å². The monoisotopic (exact) mass is 258 g/mol. The highest BCUT2D eigenvalue weighted by Crippen LogP contribution is 2.20. The second-order valence-electron chi connectivity index (χ2n) is 6.11. The zero-order valence-electron chi connectivity index (χ0n) is 11.8. The van der Waals surface area contributed by atoms with Gasteiger partial charge < -0.3 is 16.2 Å². The van der Waals surface area contributed by atoms with Crippen molar-refractivity contribution in [2.45, 2.75) is 53.0 Å². The number of nitrogens with two attached hydrogens (primary N) is 1. The maximum absolute atomic E-state index is 11.6. The fourth-order valence-corrected chi connectivity index (χ4v) is 1.72. The lowest BCUT2D eigenvalue weighted by molar-refractivity contribution is -0.141. The van der Waals surface area contributed by atoms with Crippen LogP contribution in [0.25, 0.3) is 0 Å². The van der Waals surface area contributed by atoms with E-state index >= 15 is 0 Å². The fourth-order valence-electron chi connectivity index (χ4n) is 1.72. The Labute approximate surface area is 109 Å². The number of hydrogen-bond acceptors (Lipinski definition) is 3. The standard InChI is InChI=1S/C13H26N2O3/c1-9(12(17)18)5-6-15-11(16)7-10(14)8-13(2,3)4/h9-10H,5-8,14H2,1-4H3,(H,15,16)(H,17,18). The normalized spacial score (nSPS) is 14.9. The van der Waals surface area contributed by atoms with Crippen molar-refractivity contribution in [1.82, 2.24) is 5.32 Å². The number of carbonyl (C=O) groups excluding carboxylic acids is 1. The molecule has 0 fully saturated rings. The van der Waals surface area contributed by atoms with E-state index in [0.29, 0.717) is 19.4 Å². The number of amides is 1. The van der Waals surface area contributed by atoms with Gasteiger partial charge in [-0.1, -0.05) is 27.7 Å². The van der Waals surface area contributed by atoms with Crippen molar-refractivity contribution in [3.05, 3.63) is 0 Å². The van der Waals surface area contributed by atoms with Gasteiger partial charge in [0.1, 0.15) is 0 Å². The summed E-state index contributed by atoms with van der Waals surface area (Å²) >= 11 is 0. The molecule has 0 radical (unpaired) electrons. The summed E-state index contributed by atoms with van der Waals surface area (Å²) in [5.41, 5.74) is 5.99. The quantitative estimate of drug-likeness (QED) is 0.643. The van der Waals surface area contributed by atoms with Crippen molar-refractivity contribution < 1.29 is 14.7 Å². The number of carboxylic acids is 1. The average molecular weight is 258 g/mol. The Balaban J connectivity index is 3.81. The third-order valence-electron chi connectivity index (χ3n) is 2.64. The Hall–Kier alpha value is -1.10. The summed E-state index contributed by atoms with van der Waals surface area (Å²) < 4.78 is 0. The minimum atomic E-state index is -0.839. The largest absolute Gasteiger partial charge is 0.481 e. The molecule has 0 aromatic rings. The van der Waals surface area contributed by atoms with Crippen molar-refractivity contribution in [3.8, 4) is 0 Å². The van der Waals surface area contributed by atoms with Gasteiger partial charge in [0, 0.05) is 19.0 Å². The van der Waals surface area contributed by atoms with Crippen molar-refractivity contribution in [3.63, 3.8) is 0 Å². The van der Waals surface area contributed by atoms with Gasteiger partial charge in [-0.25, -0.2) is 0 Å². The van der Waals surface area contributed by atoms with E-state index in [9.17, 15) is 9.59 Å². The SMILES string of the molecule is CC(CCNC(=O)CC(N)CC(C)(C)C)C(=O)O. The highest BCUT2D eigenvalue weighted by molar-refractivity contribution is 5.76. The van der Waals surface area contributed by atoms with Crippen LogP contribution in [0.2, 0.25) is 0 Å². The lowest BCUT2D eigenvalue weighted by atomic mass is 9.87. The van der Waals surface area contributed by atoms with Gasteiger partial charge in [0.05, 0.1) is 5.92 Å². The molecule has 4 N–H and O–H groups in total. The number of rotatable bonds is 7. The van der Waals surface area contributed by atoms with Crippen LogP contribution in [-0.2, 0) is 9.59 Å². The molecule has 0 aromatic carbocycles. The van der Waals surface area contributed by atoms with Gasteiger partial charge >= 0.3 is 5.97 Å². The molecule has 0 rings (SSSR count). The van der Waals surface area contributed by atoms with Crippen LogP contribution < -0.4 is 11.1 Å². The highest BCUT2D eigenvalue weighted by Gasteiger charge is 2.18. The Kier molecular flexibility index (Phi) is 6.91. The van der Waals surface area contributed by atoms with Crippen LogP contribution >= 0.6 is 0 Å². The molecular formula is C13H26N2O3. The zero-order valence-corrected chi connectivity index (χ0v) is 11.8. The van der Waals surface area contributed by atoms with E-state index < -0.39 is 11.9 Å². The summed E-state index contributed by atoms with van der Waals surface area (Å²) in [5, 5.41) is 11.4. The van der Waals surface area contributed by atoms with Crippen LogP contribution in [0.1, 0.15) is 47.0 Å². The summed E-state index contributed by atoms with van der Waals surface area (Å²) in [4.78, 5) is 22.1. The third kappa shape index (κ3) is 8.98. The Morgan fingerprint density at radius 2 is 1.89 bits per heavy atom. The summed E-state index contributed by atoms with van der Waals surface area (Å²) in [7, 11) is 0. The second kappa shape index (κ2) is 7.36. The molecule has 2 atom stereocenters. The molecule has 106 valence electrons. The fraction of sp³-hybridized carbons (Fsp3) is 0.846. The minimum absolute atomic E-state index is 0.107. The highest BCUT2D eigenvalue weighted by atomic mass is 16.4. The maximum atomic E-state index is 11.6. The van der Waals surface area contributed by atoms with Gasteiger partial charge in [0.2, 0.25) is 5.91 Å². The van der Waals surface area contributed by atoms with Gasteiger partial charge in [0.15, 0.2) is 0 Å². The van der Waals surface area contributed by atoms with Gasteiger partial charge in [-0.05, 0) is 18.3 Å². The molecule has 0 aliphatic carbocycles. The molecule has 0 heterocycles. The lowest BCUT2D eigenvalue weighted by Crippen LogP contribution is -2.35. The first-order chi connectivity index (χ1) is 8.11. The maximum Gasteiger partial charge on any atom is 0.306 e. The van der Waals surface area contributed by atoms with Gasteiger partial charge in [-0.15, -0.1) is 0 Å². The van der Waals surface area contributed by atoms with E-state index in [1.807, 2.05) is 0 Å². The number of carbonyl (C=O) groups is 2. The van der Waals surface area contributed by atoms with Crippen molar-refractivity contribution in [1.29, 1.82) is 0 Å². The van der Waals surface area contributed by atoms with Gasteiger partial charge in [0.25, 0.3) is 0 Å². The van der Waals surface area contributed by atoms with Gasteiger partial charge in [-0.2, -0.15) is 0 Å². The van der Waals surface area contributed by atoms with Crippen molar-refractivity contribution in [2.24, 2.45) is 17.1 Å². The third-order valence-corrected chi connectivity index (χ3v) is 2.64. The topological polar surface area (TPSA) is 92.4 Å².